The number of anilines is 2. The Balaban J connectivity index is 1.93. The first-order valence-corrected chi connectivity index (χ1v) is 6.70. The minimum Gasteiger partial charge on any atom is -0.369 e. The summed E-state index contributed by atoms with van der Waals surface area (Å²) in [6.07, 6.45) is 4.50. The number of hydrogen-bond donors (Lipinski definition) is 2. The molecule has 1 aromatic heterocycles. The van der Waals surface area contributed by atoms with E-state index in [1.54, 1.807) is 12.4 Å². The van der Waals surface area contributed by atoms with Crippen molar-refractivity contribution in [3.05, 3.63) is 47.2 Å². The van der Waals surface area contributed by atoms with Gasteiger partial charge in [0, 0.05) is 18.1 Å². The summed E-state index contributed by atoms with van der Waals surface area (Å²) in [5.74, 6) is 1.55. The van der Waals surface area contributed by atoms with Crippen molar-refractivity contribution in [2.75, 3.05) is 17.2 Å². The maximum Gasteiger partial charge on any atom is 0.147 e. The second-order valence-electron chi connectivity index (χ2n) is 4.20. The van der Waals surface area contributed by atoms with E-state index in [1.165, 1.54) is 0 Å². The van der Waals surface area contributed by atoms with Crippen molar-refractivity contribution in [2.45, 2.75) is 19.9 Å². The van der Waals surface area contributed by atoms with Gasteiger partial charge in [-0.25, -0.2) is 4.98 Å². The van der Waals surface area contributed by atoms with Crippen LogP contribution in [0.3, 0.4) is 0 Å². The van der Waals surface area contributed by atoms with Crippen molar-refractivity contribution in [3.8, 4) is 0 Å². The highest BCUT2D eigenvalue weighted by atomic mass is 35.5. The molecule has 0 radical (unpaired) electrons. The second-order valence-corrected chi connectivity index (χ2v) is 4.63. The summed E-state index contributed by atoms with van der Waals surface area (Å²) in [6.45, 7) is 3.71. The third kappa shape index (κ3) is 4.41. The molecule has 0 atom stereocenters. The number of rotatable bonds is 6. The van der Waals surface area contributed by atoms with Crippen LogP contribution in [0.5, 0.6) is 0 Å². The number of hydrogen-bond acceptors (Lipinski definition) is 4. The molecule has 2 aromatic rings. The fraction of sp³-hybridized carbons (Fsp3) is 0.286. The summed E-state index contributed by atoms with van der Waals surface area (Å²) in [4.78, 5) is 8.59. The molecule has 1 heterocycles. The maximum atomic E-state index is 5.85. The van der Waals surface area contributed by atoms with Crippen LogP contribution in [0.15, 0.2) is 36.7 Å². The molecule has 2 N–H and O–H groups in total. The minimum absolute atomic E-state index is 0.697. The van der Waals surface area contributed by atoms with Crippen LogP contribution in [0, 0.1) is 0 Å². The summed E-state index contributed by atoms with van der Waals surface area (Å²) in [5, 5.41) is 7.19. The summed E-state index contributed by atoms with van der Waals surface area (Å²) in [7, 11) is 0. The Morgan fingerprint density at radius 2 is 1.74 bits per heavy atom. The van der Waals surface area contributed by atoms with Crippen LogP contribution in [0.1, 0.15) is 18.9 Å². The van der Waals surface area contributed by atoms with E-state index in [1.807, 2.05) is 24.3 Å². The summed E-state index contributed by atoms with van der Waals surface area (Å²) < 4.78 is 0. The zero-order chi connectivity index (χ0) is 13.5. The van der Waals surface area contributed by atoms with Crippen molar-refractivity contribution < 1.29 is 0 Å². The van der Waals surface area contributed by atoms with Gasteiger partial charge in [0.1, 0.15) is 11.6 Å². The van der Waals surface area contributed by atoms with Gasteiger partial charge >= 0.3 is 0 Å². The lowest BCUT2D eigenvalue weighted by Gasteiger charge is -2.08. The van der Waals surface area contributed by atoms with Crippen molar-refractivity contribution >= 4 is 23.2 Å². The van der Waals surface area contributed by atoms with E-state index in [-0.39, 0.29) is 0 Å². The smallest absolute Gasteiger partial charge is 0.147 e. The number of nitrogens with zero attached hydrogens (tertiary/aromatic N) is 2. The van der Waals surface area contributed by atoms with Gasteiger partial charge in [0.2, 0.25) is 0 Å². The van der Waals surface area contributed by atoms with Gasteiger partial charge < -0.3 is 10.6 Å². The van der Waals surface area contributed by atoms with Crippen molar-refractivity contribution in [2.24, 2.45) is 0 Å². The van der Waals surface area contributed by atoms with Gasteiger partial charge in [-0.3, -0.25) is 4.98 Å². The zero-order valence-corrected chi connectivity index (χ0v) is 11.6. The van der Waals surface area contributed by atoms with E-state index in [9.17, 15) is 0 Å². The maximum absolute atomic E-state index is 5.85. The molecular formula is C14H17ClN4. The first kappa shape index (κ1) is 13.6. The molecule has 0 amide bonds. The Labute approximate surface area is 118 Å². The predicted molar refractivity (Wildman–Crippen MR) is 79.6 cm³/mol. The van der Waals surface area contributed by atoms with Gasteiger partial charge in [-0.2, -0.15) is 0 Å². The van der Waals surface area contributed by atoms with Gasteiger partial charge in [0.05, 0.1) is 12.4 Å². The Hall–Kier alpha value is -1.81. The monoisotopic (exact) mass is 276 g/mol. The summed E-state index contributed by atoms with van der Waals surface area (Å²) in [5.41, 5.74) is 1.15. The molecule has 2 rings (SSSR count). The molecule has 0 aliphatic carbocycles. The SMILES string of the molecule is CCCNc1cncc(NCc2ccc(Cl)cc2)n1. The average Bonchev–Trinajstić information content (AvgIpc) is 2.45. The molecular weight excluding hydrogens is 260 g/mol. The highest BCUT2D eigenvalue weighted by molar-refractivity contribution is 6.30. The predicted octanol–water partition coefficient (Wildman–Crippen LogP) is 3.56. The molecule has 5 heteroatoms. The van der Waals surface area contributed by atoms with Crippen LogP contribution >= 0.6 is 11.6 Å². The first-order valence-electron chi connectivity index (χ1n) is 6.32. The Bertz CT molecular complexity index is 513. The normalized spacial score (nSPS) is 10.2. The number of benzene rings is 1. The fourth-order valence-corrected chi connectivity index (χ4v) is 1.71. The number of aromatic nitrogens is 2. The lowest BCUT2D eigenvalue weighted by molar-refractivity contribution is 0.962. The highest BCUT2D eigenvalue weighted by Gasteiger charge is 1.98. The van der Waals surface area contributed by atoms with E-state index >= 15 is 0 Å². The van der Waals surface area contributed by atoms with E-state index < -0.39 is 0 Å². The quantitative estimate of drug-likeness (QED) is 0.847. The van der Waals surface area contributed by atoms with Crippen molar-refractivity contribution in [1.29, 1.82) is 0 Å². The number of halogens is 1. The van der Waals surface area contributed by atoms with E-state index in [0.717, 1.165) is 35.2 Å². The molecule has 19 heavy (non-hydrogen) atoms. The second kappa shape index (κ2) is 6.95. The van der Waals surface area contributed by atoms with Gasteiger partial charge in [-0.15, -0.1) is 0 Å². The van der Waals surface area contributed by atoms with Crippen LogP contribution in [0.2, 0.25) is 5.02 Å². The van der Waals surface area contributed by atoms with Gasteiger partial charge in [0.25, 0.3) is 0 Å². The Kier molecular flexibility index (Phi) is 4.98. The molecule has 100 valence electrons. The van der Waals surface area contributed by atoms with Gasteiger partial charge in [-0.05, 0) is 24.1 Å². The Morgan fingerprint density at radius 3 is 2.42 bits per heavy atom. The molecule has 0 aliphatic rings. The lowest BCUT2D eigenvalue weighted by atomic mass is 10.2. The highest BCUT2D eigenvalue weighted by Crippen LogP contribution is 2.12. The van der Waals surface area contributed by atoms with Crippen LogP contribution < -0.4 is 10.6 Å². The van der Waals surface area contributed by atoms with E-state index in [2.05, 4.69) is 27.5 Å². The summed E-state index contributed by atoms with van der Waals surface area (Å²) >= 11 is 5.85. The largest absolute Gasteiger partial charge is 0.369 e. The Morgan fingerprint density at radius 1 is 1.05 bits per heavy atom. The molecule has 0 unspecified atom stereocenters. The molecule has 0 saturated heterocycles. The average molecular weight is 277 g/mol. The van der Waals surface area contributed by atoms with Gasteiger partial charge in [0.15, 0.2) is 0 Å². The fourth-order valence-electron chi connectivity index (χ4n) is 1.58. The van der Waals surface area contributed by atoms with Crippen molar-refractivity contribution in [1.82, 2.24) is 9.97 Å². The summed E-state index contributed by atoms with van der Waals surface area (Å²) in [6, 6.07) is 7.73. The molecule has 1 aromatic carbocycles. The minimum atomic E-state index is 0.697. The first-order chi connectivity index (χ1) is 9.28. The van der Waals surface area contributed by atoms with Gasteiger partial charge in [-0.1, -0.05) is 30.7 Å². The zero-order valence-electron chi connectivity index (χ0n) is 10.9. The molecule has 0 bridgehead atoms. The molecule has 0 fully saturated rings. The van der Waals surface area contributed by atoms with Crippen LogP contribution in [-0.4, -0.2) is 16.5 Å². The van der Waals surface area contributed by atoms with Crippen LogP contribution in [0.4, 0.5) is 11.6 Å². The third-order valence-electron chi connectivity index (χ3n) is 2.58. The molecule has 0 saturated carbocycles. The molecule has 4 nitrogen and oxygen atoms in total. The standard InChI is InChI=1S/C14H17ClN4/c1-2-7-17-13-9-16-10-14(19-13)18-8-11-3-5-12(15)6-4-11/h3-6,9-10H,2,7-8H2,1H3,(H2,17,18,19). The molecule has 0 spiro atoms. The number of nitrogens with one attached hydrogen (secondary N) is 2. The topological polar surface area (TPSA) is 49.8 Å². The van der Waals surface area contributed by atoms with Crippen LogP contribution in [-0.2, 0) is 6.54 Å². The van der Waals surface area contributed by atoms with Crippen molar-refractivity contribution in [3.63, 3.8) is 0 Å². The lowest BCUT2D eigenvalue weighted by Crippen LogP contribution is -2.06. The van der Waals surface area contributed by atoms with Crippen LogP contribution in [0.25, 0.3) is 0 Å². The van der Waals surface area contributed by atoms with E-state index in [0.29, 0.717) is 6.54 Å². The van der Waals surface area contributed by atoms with E-state index in [4.69, 9.17) is 11.6 Å². The molecule has 0 aliphatic heterocycles. The third-order valence-corrected chi connectivity index (χ3v) is 2.83.